The molecule has 23 heavy (non-hydrogen) atoms. The Hall–Kier alpha value is -2.37. The van der Waals surface area contributed by atoms with Gasteiger partial charge in [-0.3, -0.25) is 14.4 Å². The Morgan fingerprint density at radius 2 is 1.30 bits per heavy atom. The number of carboxylic acid groups (broad SMARTS) is 3. The zero-order valence-corrected chi connectivity index (χ0v) is 13.7. The normalized spacial score (nSPS) is 11.3. The lowest BCUT2D eigenvalue weighted by atomic mass is 9.97. The van der Waals surface area contributed by atoms with E-state index in [0.717, 1.165) is 12.0 Å². The van der Waals surface area contributed by atoms with Crippen LogP contribution in [0.2, 0.25) is 0 Å². The van der Waals surface area contributed by atoms with Crippen LogP contribution < -0.4 is 0 Å². The van der Waals surface area contributed by atoms with Crippen molar-refractivity contribution in [3.8, 4) is 0 Å². The molecular formula is C17H24O6. The third-order valence-electron chi connectivity index (χ3n) is 3.05. The van der Waals surface area contributed by atoms with Crippen LogP contribution in [-0.4, -0.2) is 33.2 Å². The molecule has 0 aliphatic carbocycles. The number of hydrogen-bond donors (Lipinski definition) is 3. The molecule has 0 fully saturated rings. The smallest absolute Gasteiger partial charge is 0.310 e. The third-order valence-corrected chi connectivity index (χ3v) is 3.05. The van der Waals surface area contributed by atoms with Crippen molar-refractivity contribution in [3.63, 3.8) is 0 Å². The summed E-state index contributed by atoms with van der Waals surface area (Å²) >= 11 is 0. The average Bonchev–Trinajstić information content (AvgIpc) is 2.45. The van der Waals surface area contributed by atoms with Crippen molar-refractivity contribution >= 4 is 17.9 Å². The van der Waals surface area contributed by atoms with Gasteiger partial charge in [-0.15, -0.1) is 0 Å². The largest absolute Gasteiger partial charge is 0.481 e. The van der Waals surface area contributed by atoms with Crippen molar-refractivity contribution in [2.24, 2.45) is 5.92 Å². The quantitative estimate of drug-likeness (QED) is 0.711. The van der Waals surface area contributed by atoms with Gasteiger partial charge in [0.15, 0.2) is 0 Å². The van der Waals surface area contributed by atoms with Crippen LogP contribution in [0.15, 0.2) is 24.3 Å². The minimum atomic E-state index is -1.08. The Bertz CT molecular complexity index is 504. The Balaban J connectivity index is 0.000000515. The molecule has 0 saturated carbocycles. The van der Waals surface area contributed by atoms with Gasteiger partial charge in [0.05, 0.1) is 18.8 Å². The molecule has 0 aliphatic heterocycles. The number of carbonyl (C=O) groups is 3. The molecule has 6 heteroatoms. The maximum atomic E-state index is 10.8. The summed E-state index contributed by atoms with van der Waals surface area (Å²) in [6.07, 6.45) is 0.451. The monoisotopic (exact) mass is 324 g/mol. The zero-order chi connectivity index (χ0) is 18.0. The van der Waals surface area contributed by atoms with Crippen LogP contribution in [-0.2, 0) is 20.8 Å². The molecule has 0 aromatic heterocycles. The molecule has 6 nitrogen and oxygen atoms in total. The van der Waals surface area contributed by atoms with Gasteiger partial charge in [0.25, 0.3) is 0 Å². The van der Waals surface area contributed by atoms with E-state index < -0.39 is 23.8 Å². The highest BCUT2D eigenvalue weighted by atomic mass is 16.4. The highest BCUT2D eigenvalue weighted by Gasteiger charge is 2.12. The van der Waals surface area contributed by atoms with Crippen LogP contribution in [0.5, 0.6) is 0 Å². The minimum Gasteiger partial charge on any atom is -0.481 e. The summed E-state index contributed by atoms with van der Waals surface area (Å²) in [5.41, 5.74) is 2.14. The van der Waals surface area contributed by atoms with Crippen LogP contribution in [0.25, 0.3) is 0 Å². The second-order valence-electron chi connectivity index (χ2n) is 5.69. The van der Waals surface area contributed by atoms with E-state index in [1.165, 1.54) is 5.56 Å². The summed E-state index contributed by atoms with van der Waals surface area (Å²) in [7, 11) is 0. The van der Waals surface area contributed by atoms with Gasteiger partial charge in [-0.25, -0.2) is 0 Å². The first-order chi connectivity index (χ1) is 10.6. The fraction of sp³-hybridized carbons (Fsp3) is 0.471. The molecular weight excluding hydrogens is 300 g/mol. The maximum Gasteiger partial charge on any atom is 0.310 e. The lowest BCUT2D eigenvalue weighted by Gasteiger charge is -2.09. The van der Waals surface area contributed by atoms with Gasteiger partial charge in [-0.1, -0.05) is 38.1 Å². The summed E-state index contributed by atoms with van der Waals surface area (Å²) < 4.78 is 0. The molecule has 3 N–H and O–H groups in total. The molecule has 1 aromatic rings. The van der Waals surface area contributed by atoms with E-state index in [1.54, 1.807) is 6.92 Å². The van der Waals surface area contributed by atoms with Crippen molar-refractivity contribution in [2.75, 3.05) is 0 Å². The summed E-state index contributed by atoms with van der Waals surface area (Å²) in [5, 5.41) is 24.6. The van der Waals surface area contributed by atoms with Crippen molar-refractivity contribution in [1.29, 1.82) is 0 Å². The molecule has 0 bridgehead atoms. The van der Waals surface area contributed by atoms with Crippen molar-refractivity contribution in [3.05, 3.63) is 35.4 Å². The van der Waals surface area contributed by atoms with Gasteiger partial charge in [-0.2, -0.15) is 0 Å². The van der Waals surface area contributed by atoms with Crippen molar-refractivity contribution in [2.45, 2.75) is 46.0 Å². The molecule has 0 heterocycles. The van der Waals surface area contributed by atoms with E-state index in [2.05, 4.69) is 13.8 Å². The van der Waals surface area contributed by atoms with E-state index in [-0.39, 0.29) is 12.8 Å². The average molecular weight is 324 g/mol. The van der Waals surface area contributed by atoms with E-state index in [9.17, 15) is 14.4 Å². The fourth-order valence-corrected chi connectivity index (χ4v) is 1.77. The maximum absolute atomic E-state index is 10.8. The molecule has 0 radical (unpaired) electrons. The van der Waals surface area contributed by atoms with Gasteiger partial charge < -0.3 is 15.3 Å². The molecule has 0 saturated heterocycles. The van der Waals surface area contributed by atoms with Gasteiger partial charge in [0.1, 0.15) is 0 Å². The Morgan fingerprint density at radius 1 is 0.870 bits per heavy atom. The molecule has 1 unspecified atom stereocenters. The number of rotatable bonds is 7. The second-order valence-corrected chi connectivity index (χ2v) is 5.69. The van der Waals surface area contributed by atoms with Crippen LogP contribution in [0.4, 0.5) is 0 Å². The first-order valence-corrected chi connectivity index (χ1v) is 7.38. The van der Waals surface area contributed by atoms with Crippen LogP contribution in [0.1, 0.15) is 50.7 Å². The van der Waals surface area contributed by atoms with E-state index in [4.69, 9.17) is 15.3 Å². The molecule has 1 aromatic carbocycles. The molecule has 1 atom stereocenters. The minimum absolute atomic E-state index is 0.296. The topological polar surface area (TPSA) is 112 Å². The lowest BCUT2D eigenvalue weighted by molar-refractivity contribution is -0.143. The standard InChI is InChI=1S/C13H18O2.C4H6O4/c1-9(2)8-11-4-6-12(7-5-11)10(3)13(14)15;5-3(6)1-2-4(7)8/h4-7,9-10H,8H2,1-3H3,(H,14,15);1-2H2,(H,5,6)(H,7,8). The van der Waals surface area contributed by atoms with Crippen molar-refractivity contribution in [1.82, 2.24) is 0 Å². The summed E-state index contributed by atoms with van der Waals surface area (Å²) in [6.45, 7) is 6.06. The number of aliphatic carboxylic acids is 3. The molecule has 0 amide bonds. The number of hydrogen-bond acceptors (Lipinski definition) is 3. The lowest BCUT2D eigenvalue weighted by Crippen LogP contribution is -2.07. The molecule has 0 aliphatic rings. The van der Waals surface area contributed by atoms with Gasteiger partial charge in [0, 0.05) is 0 Å². The predicted octanol–water partition coefficient (Wildman–Crippen LogP) is 3.01. The van der Waals surface area contributed by atoms with E-state index in [1.807, 2.05) is 24.3 Å². The van der Waals surface area contributed by atoms with Crippen LogP contribution >= 0.6 is 0 Å². The number of benzene rings is 1. The first kappa shape index (κ1) is 20.6. The van der Waals surface area contributed by atoms with Gasteiger partial charge in [0.2, 0.25) is 0 Å². The number of carboxylic acids is 3. The fourth-order valence-electron chi connectivity index (χ4n) is 1.77. The SMILES string of the molecule is CC(C)Cc1ccc(C(C)C(=O)O)cc1.O=C(O)CCC(=O)O. The van der Waals surface area contributed by atoms with Gasteiger partial charge >= 0.3 is 17.9 Å². The summed E-state index contributed by atoms with van der Waals surface area (Å²) in [5.74, 6) is -2.71. The Morgan fingerprint density at radius 3 is 1.61 bits per heavy atom. The highest BCUT2D eigenvalue weighted by Crippen LogP contribution is 2.17. The summed E-state index contributed by atoms with van der Waals surface area (Å²) in [4.78, 5) is 30.0. The van der Waals surface area contributed by atoms with Crippen LogP contribution in [0, 0.1) is 5.92 Å². The third kappa shape index (κ3) is 10.1. The van der Waals surface area contributed by atoms with Crippen LogP contribution in [0.3, 0.4) is 0 Å². The Labute approximate surface area is 135 Å². The molecule has 0 spiro atoms. The van der Waals surface area contributed by atoms with Crippen molar-refractivity contribution < 1.29 is 29.7 Å². The molecule has 128 valence electrons. The molecule has 1 rings (SSSR count). The zero-order valence-electron chi connectivity index (χ0n) is 13.7. The van der Waals surface area contributed by atoms with E-state index in [0.29, 0.717) is 5.92 Å². The highest BCUT2D eigenvalue weighted by molar-refractivity contribution is 5.75. The summed E-state index contributed by atoms with van der Waals surface area (Å²) in [6, 6.07) is 7.87. The first-order valence-electron chi connectivity index (χ1n) is 7.38. The predicted molar refractivity (Wildman–Crippen MR) is 85.5 cm³/mol. The van der Waals surface area contributed by atoms with Gasteiger partial charge in [-0.05, 0) is 30.4 Å². The Kier molecular flexibility index (Phi) is 9.30. The second kappa shape index (κ2) is 10.4. The van der Waals surface area contributed by atoms with E-state index >= 15 is 0 Å².